The lowest BCUT2D eigenvalue weighted by atomic mass is 10.1. The lowest BCUT2D eigenvalue weighted by Gasteiger charge is -2.14. The summed E-state index contributed by atoms with van der Waals surface area (Å²) in [4.78, 5) is 16.2. The zero-order valence-electron chi connectivity index (χ0n) is 13.5. The molecule has 2 heterocycles. The summed E-state index contributed by atoms with van der Waals surface area (Å²) in [5.74, 6) is 0.758. The fourth-order valence-corrected chi connectivity index (χ4v) is 3.05. The number of benzene rings is 2. The molecule has 1 unspecified atom stereocenters. The molecule has 0 radical (unpaired) electrons. The number of para-hydroxylation sites is 2. The van der Waals surface area contributed by atoms with Crippen LogP contribution in [0.4, 0.5) is 11.4 Å². The predicted molar refractivity (Wildman–Crippen MR) is 94.1 cm³/mol. The van der Waals surface area contributed by atoms with Crippen molar-refractivity contribution in [3.8, 4) is 0 Å². The number of aryl methyl sites for hydroxylation is 1. The van der Waals surface area contributed by atoms with Crippen LogP contribution in [0.15, 0.2) is 46.9 Å². The molecule has 0 saturated carbocycles. The van der Waals surface area contributed by atoms with Crippen molar-refractivity contribution < 1.29 is 9.21 Å². The Morgan fingerprint density at radius 1 is 1.21 bits per heavy atom. The molecule has 4 rings (SSSR count). The summed E-state index contributed by atoms with van der Waals surface area (Å²) in [5, 5.41) is 6.39. The summed E-state index contributed by atoms with van der Waals surface area (Å²) in [6.07, 6.45) is 2.36. The first-order chi connectivity index (χ1) is 11.7. The fraction of sp³-hybridized carbons (Fsp3) is 0.263. The first kappa shape index (κ1) is 14.8. The number of anilines is 2. The Labute approximate surface area is 140 Å². The molecule has 0 fully saturated rings. The van der Waals surface area contributed by atoms with Gasteiger partial charge < -0.3 is 15.1 Å². The average molecular weight is 321 g/mol. The lowest BCUT2D eigenvalue weighted by Crippen LogP contribution is -2.10. The van der Waals surface area contributed by atoms with Crippen LogP contribution in [-0.4, -0.2) is 10.9 Å². The maximum atomic E-state index is 11.6. The normalized spacial score (nSPS) is 15.5. The van der Waals surface area contributed by atoms with E-state index in [1.807, 2.05) is 43.3 Å². The van der Waals surface area contributed by atoms with E-state index in [0.717, 1.165) is 40.9 Å². The summed E-state index contributed by atoms with van der Waals surface area (Å²) in [6.45, 7) is 2.03. The second-order valence-electron chi connectivity index (χ2n) is 6.16. The topological polar surface area (TPSA) is 67.2 Å². The van der Waals surface area contributed by atoms with Crippen molar-refractivity contribution in [2.75, 3.05) is 10.6 Å². The summed E-state index contributed by atoms with van der Waals surface area (Å²) in [6, 6.07) is 13.7. The van der Waals surface area contributed by atoms with Gasteiger partial charge in [-0.2, -0.15) is 0 Å². The van der Waals surface area contributed by atoms with Crippen molar-refractivity contribution in [3.63, 3.8) is 0 Å². The third-order valence-corrected chi connectivity index (χ3v) is 4.29. The van der Waals surface area contributed by atoms with E-state index in [9.17, 15) is 4.79 Å². The van der Waals surface area contributed by atoms with E-state index in [-0.39, 0.29) is 11.9 Å². The molecule has 24 heavy (non-hydrogen) atoms. The van der Waals surface area contributed by atoms with Crippen LogP contribution in [0.5, 0.6) is 0 Å². The molecular weight excluding hydrogens is 302 g/mol. The minimum absolute atomic E-state index is 0.0455. The average Bonchev–Trinajstić information content (AvgIpc) is 2.92. The molecule has 0 saturated heterocycles. The molecular formula is C19H19N3O2. The van der Waals surface area contributed by atoms with Crippen molar-refractivity contribution in [3.05, 3.63) is 53.9 Å². The molecule has 2 N–H and O–H groups in total. The highest BCUT2D eigenvalue weighted by Crippen LogP contribution is 2.28. The minimum Gasteiger partial charge on any atom is -0.438 e. The number of aromatic nitrogens is 1. The largest absolute Gasteiger partial charge is 0.438 e. The first-order valence-corrected chi connectivity index (χ1v) is 8.24. The smallest absolute Gasteiger partial charge is 0.224 e. The molecule has 1 atom stereocenters. The molecule has 0 bridgehead atoms. The van der Waals surface area contributed by atoms with E-state index < -0.39 is 0 Å². The number of hydrogen-bond donors (Lipinski definition) is 2. The maximum absolute atomic E-state index is 11.6. The number of fused-ring (bicyclic) bond motifs is 2. The molecule has 1 aliphatic rings. The lowest BCUT2D eigenvalue weighted by molar-refractivity contribution is -0.116. The van der Waals surface area contributed by atoms with Gasteiger partial charge in [-0.15, -0.1) is 0 Å². The number of hydrogen-bond acceptors (Lipinski definition) is 4. The van der Waals surface area contributed by atoms with E-state index in [4.69, 9.17) is 4.42 Å². The van der Waals surface area contributed by atoms with Gasteiger partial charge in [0, 0.05) is 17.8 Å². The zero-order valence-corrected chi connectivity index (χ0v) is 13.5. The Bertz CT molecular complexity index is 868. The van der Waals surface area contributed by atoms with Gasteiger partial charge in [0.2, 0.25) is 11.8 Å². The van der Waals surface area contributed by atoms with Gasteiger partial charge in [0.05, 0.1) is 0 Å². The molecule has 3 aromatic rings. The maximum Gasteiger partial charge on any atom is 0.224 e. The van der Waals surface area contributed by atoms with Crippen LogP contribution < -0.4 is 10.6 Å². The zero-order chi connectivity index (χ0) is 16.5. The minimum atomic E-state index is -0.0455. The van der Waals surface area contributed by atoms with Crippen molar-refractivity contribution >= 4 is 28.4 Å². The van der Waals surface area contributed by atoms with Crippen LogP contribution in [0.25, 0.3) is 11.1 Å². The summed E-state index contributed by atoms with van der Waals surface area (Å²) in [7, 11) is 0. The van der Waals surface area contributed by atoms with Gasteiger partial charge in [0.1, 0.15) is 11.6 Å². The Kier molecular flexibility index (Phi) is 3.69. The summed E-state index contributed by atoms with van der Waals surface area (Å²) in [5.41, 5.74) is 4.74. The standard InChI is InChI=1S/C19H19N3O2/c1-12(19-22-16-6-2-3-7-17(16)24-19)20-14-9-10-15-13(11-14)5-4-8-18(23)21-15/h2-3,6-7,9-12,20H,4-5,8H2,1H3,(H,21,23). The quantitative estimate of drug-likeness (QED) is 0.756. The number of amides is 1. The molecule has 1 amide bonds. The number of carbonyl (C=O) groups is 1. The molecule has 2 aromatic carbocycles. The molecule has 1 aliphatic heterocycles. The monoisotopic (exact) mass is 321 g/mol. The van der Waals surface area contributed by atoms with Crippen LogP contribution >= 0.6 is 0 Å². The van der Waals surface area contributed by atoms with Gasteiger partial charge in [-0.3, -0.25) is 4.79 Å². The van der Waals surface area contributed by atoms with Gasteiger partial charge in [0.15, 0.2) is 5.58 Å². The van der Waals surface area contributed by atoms with E-state index in [1.165, 1.54) is 0 Å². The van der Waals surface area contributed by atoms with Gasteiger partial charge >= 0.3 is 0 Å². The highest BCUT2D eigenvalue weighted by atomic mass is 16.3. The van der Waals surface area contributed by atoms with Crippen LogP contribution in [-0.2, 0) is 11.2 Å². The summed E-state index contributed by atoms with van der Waals surface area (Å²) < 4.78 is 5.82. The second-order valence-corrected chi connectivity index (χ2v) is 6.16. The Balaban J connectivity index is 1.56. The van der Waals surface area contributed by atoms with E-state index >= 15 is 0 Å². The Morgan fingerprint density at radius 3 is 2.96 bits per heavy atom. The molecule has 0 aliphatic carbocycles. The first-order valence-electron chi connectivity index (χ1n) is 8.24. The van der Waals surface area contributed by atoms with Crippen LogP contribution in [0.3, 0.4) is 0 Å². The van der Waals surface area contributed by atoms with E-state index in [0.29, 0.717) is 12.3 Å². The Morgan fingerprint density at radius 2 is 2.08 bits per heavy atom. The van der Waals surface area contributed by atoms with Gasteiger partial charge in [-0.05, 0) is 55.7 Å². The van der Waals surface area contributed by atoms with E-state index in [2.05, 4.69) is 21.7 Å². The van der Waals surface area contributed by atoms with Crippen molar-refractivity contribution in [2.24, 2.45) is 0 Å². The second kappa shape index (κ2) is 6.00. The van der Waals surface area contributed by atoms with Crippen LogP contribution in [0, 0.1) is 0 Å². The Hall–Kier alpha value is -2.82. The van der Waals surface area contributed by atoms with Gasteiger partial charge in [-0.25, -0.2) is 4.98 Å². The highest BCUT2D eigenvalue weighted by molar-refractivity contribution is 5.92. The van der Waals surface area contributed by atoms with Gasteiger partial charge in [-0.1, -0.05) is 12.1 Å². The SMILES string of the molecule is CC(Nc1ccc2c(c1)CCCC(=O)N2)c1nc2ccccc2o1. The predicted octanol–water partition coefficient (Wildman–Crippen LogP) is 4.28. The number of nitrogens with one attached hydrogen (secondary N) is 2. The number of rotatable bonds is 3. The molecule has 1 aromatic heterocycles. The molecule has 122 valence electrons. The molecule has 5 heteroatoms. The fourth-order valence-electron chi connectivity index (χ4n) is 3.05. The third-order valence-electron chi connectivity index (χ3n) is 4.29. The van der Waals surface area contributed by atoms with Crippen molar-refractivity contribution in [1.29, 1.82) is 0 Å². The molecule has 0 spiro atoms. The van der Waals surface area contributed by atoms with Gasteiger partial charge in [0.25, 0.3) is 0 Å². The third kappa shape index (κ3) is 2.85. The molecule has 5 nitrogen and oxygen atoms in total. The number of oxazole rings is 1. The summed E-state index contributed by atoms with van der Waals surface area (Å²) >= 11 is 0. The van der Waals surface area contributed by atoms with Crippen molar-refractivity contribution in [2.45, 2.75) is 32.2 Å². The van der Waals surface area contributed by atoms with Crippen LogP contribution in [0.1, 0.15) is 37.3 Å². The highest BCUT2D eigenvalue weighted by Gasteiger charge is 2.16. The number of nitrogens with zero attached hydrogens (tertiary/aromatic N) is 1. The van der Waals surface area contributed by atoms with E-state index in [1.54, 1.807) is 0 Å². The van der Waals surface area contributed by atoms with Crippen molar-refractivity contribution in [1.82, 2.24) is 4.98 Å². The van der Waals surface area contributed by atoms with Crippen LogP contribution in [0.2, 0.25) is 0 Å². The number of carbonyl (C=O) groups excluding carboxylic acids is 1.